The first kappa shape index (κ1) is 14.8. The maximum absolute atomic E-state index is 10.7. The Labute approximate surface area is 118 Å². The summed E-state index contributed by atoms with van der Waals surface area (Å²) in [6.07, 6.45) is 12.3. The topological polar surface area (TPSA) is 83.6 Å². The summed E-state index contributed by atoms with van der Waals surface area (Å²) in [4.78, 5) is 29.1. The first-order chi connectivity index (χ1) is 9.74. The lowest BCUT2D eigenvalue weighted by Gasteiger charge is -2.31. The molecule has 108 valence electrons. The van der Waals surface area contributed by atoms with Gasteiger partial charge in [-0.25, -0.2) is 9.59 Å². The molecule has 2 fully saturated rings. The lowest BCUT2D eigenvalue weighted by Crippen LogP contribution is -2.30. The number of hydrogen-bond donors (Lipinski definition) is 0. The van der Waals surface area contributed by atoms with Crippen LogP contribution in [0.1, 0.15) is 64.2 Å². The third-order valence-electron chi connectivity index (χ3n) is 4.24. The van der Waals surface area contributed by atoms with E-state index in [-0.39, 0.29) is 0 Å². The maximum atomic E-state index is 10.7. The summed E-state index contributed by atoms with van der Waals surface area (Å²) in [6, 6.07) is 0. The van der Waals surface area contributed by atoms with Crippen molar-refractivity contribution in [3.05, 3.63) is 0 Å². The first-order valence-electron chi connectivity index (χ1n) is 7.36. The summed E-state index contributed by atoms with van der Waals surface area (Å²) in [7, 11) is 0. The fraction of sp³-hybridized carbons (Fsp3) is 0.857. The van der Waals surface area contributed by atoms with Crippen molar-refractivity contribution in [2.24, 2.45) is 20.2 Å². The van der Waals surface area contributed by atoms with Crippen LogP contribution in [0.15, 0.2) is 20.2 Å². The molecule has 0 unspecified atom stereocenters. The van der Waals surface area contributed by atoms with Crippen LogP contribution in [0, 0.1) is 0 Å². The van der Waals surface area contributed by atoms with Gasteiger partial charge in [-0.2, -0.15) is 20.2 Å². The smallest absolute Gasteiger partial charge is 0.211 e. The summed E-state index contributed by atoms with van der Waals surface area (Å²) in [5.41, 5.74) is -1.55. The van der Waals surface area contributed by atoms with Crippen LogP contribution in [0.5, 0.6) is 0 Å². The minimum Gasteiger partial charge on any atom is -0.211 e. The molecule has 20 heavy (non-hydrogen) atoms. The lowest BCUT2D eigenvalue weighted by molar-refractivity contribution is 0.250. The fourth-order valence-corrected chi connectivity index (χ4v) is 3.06. The molecule has 0 aromatic carbocycles. The average molecular weight is 276 g/mol. The molecule has 6 nitrogen and oxygen atoms in total. The molecule has 6 heteroatoms. The monoisotopic (exact) mass is 276 g/mol. The molecule has 2 aliphatic carbocycles. The summed E-state index contributed by atoms with van der Waals surface area (Å²) >= 11 is 0. The van der Waals surface area contributed by atoms with E-state index in [2.05, 4.69) is 20.2 Å². The van der Waals surface area contributed by atoms with E-state index in [9.17, 15) is 9.59 Å². The Balaban J connectivity index is 2.22. The van der Waals surface area contributed by atoms with Gasteiger partial charge in [-0.3, -0.25) is 0 Å². The average Bonchev–Trinajstić information content (AvgIpc) is 2.48. The second-order valence-electron chi connectivity index (χ2n) is 5.69. The van der Waals surface area contributed by atoms with Gasteiger partial charge in [-0.15, -0.1) is 0 Å². The van der Waals surface area contributed by atoms with E-state index in [0.29, 0.717) is 25.7 Å². The van der Waals surface area contributed by atoms with E-state index in [1.165, 1.54) is 0 Å². The predicted octanol–water partition coefficient (Wildman–Crippen LogP) is 3.43. The van der Waals surface area contributed by atoms with Gasteiger partial charge in [0.2, 0.25) is 12.2 Å². The van der Waals surface area contributed by atoms with Crippen molar-refractivity contribution in [2.45, 2.75) is 75.5 Å². The molecule has 0 spiro atoms. The molecule has 0 N–H and O–H groups in total. The Bertz CT molecular complexity index is 408. The number of carbonyl (C=O) groups excluding carboxylic acids is 2. The summed E-state index contributed by atoms with van der Waals surface area (Å²) in [6.45, 7) is 0. The molecule has 0 aromatic heterocycles. The third kappa shape index (κ3) is 3.47. The van der Waals surface area contributed by atoms with Crippen molar-refractivity contribution >= 4 is 12.2 Å². The van der Waals surface area contributed by atoms with Crippen LogP contribution >= 0.6 is 0 Å². The van der Waals surface area contributed by atoms with Crippen molar-refractivity contribution in [3.63, 3.8) is 0 Å². The zero-order valence-corrected chi connectivity index (χ0v) is 11.7. The Morgan fingerprint density at radius 2 is 0.950 bits per heavy atom. The van der Waals surface area contributed by atoms with Crippen LogP contribution in [0.25, 0.3) is 0 Å². The van der Waals surface area contributed by atoms with E-state index in [0.717, 1.165) is 38.5 Å². The number of hydrogen-bond acceptors (Lipinski definition) is 6. The highest BCUT2D eigenvalue weighted by atomic mass is 16.1. The van der Waals surface area contributed by atoms with Gasteiger partial charge < -0.3 is 0 Å². The predicted molar refractivity (Wildman–Crippen MR) is 72.7 cm³/mol. The summed E-state index contributed by atoms with van der Waals surface area (Å²) < 4.78 is 0. The molecular weight excluding hydrogens is 256 g/mol. The Kier molecular flexibility index (Phi) is 4.94. The van der Waals surface area contributed by atoms with Gasteiger partial charge >= 0.3 is 0 Å². The van der Waals surface area contributed by atoms with Crippen LogP contribution in [-0.4, -0.2) is 23.5 Å². The van der Waals surface area contributed by atoms with E-state index < -0.39 is 11.3 Å². The van der Waals surface area contributed by atoms with E-state index in [4.69, 9.17) is 0 Å². The number of nitrogens with zero attached hydrogens (tertiary/aromatic N) is 4. The third-order valence-corrected chi connectivity index (χ3v) is 4.24. The van der Waals surface area contributed by atoms with Crippen LogP contribution < -0.4 is 0 Å². The maximum Gasteiger partial charge on any atom is 0.237 e. The zero-order chi connectivity index (χ0) is 14.3. The van der Waals surface area contributed by atoms with Gasteiger partial charge in [-0.1, -0.05) is 12.8 Å². The molecule has 0 amide bonds. The standard InChI is InChI=1S/C14H20N4O2/c19-11-15-13(7-3-1-4-8-13)17-18-14(16-12-20)9-5-2-6-10-14/h1-10H2. The minimum absolute atomic E-state index is 0.715. The highest BCUT2D eigenvalue weighted by Crippen LogP contribution is 2.37. The van der Waals surface area contributed by atoms with Crippen molar-refractivity contribution in [2.75, 3.05) is 0 Å². The lowest BCUT2D eigenvalue weighted by atomic mass is 9.89. The van der Waals surface area contributed by atoms with Crippen LogP contribution in [-0.2, 0) is 9.59 Å². The number of rotatable bonds is 4. The van der Waals surface area contributed by atoms with Crippen LogP contribution in [0.3, 0.4) is 0 Å². The van der Waals surface area contributed by atoms with Crippen molar-refractivity contribution < 1.29 is 9.59 Å². The van der Waals surface area contributed by atoms with Crippen molar-refractivity contribution in [1.82, 2.24) is 0 Å². The Morgan fingerprint density at radius 1 is 0.600 bits per heavy atom. The first-order valence-corrected chi connectivity index (χ1v) is 7.36. The largest absolute Gasteiger partial charge is 0.237 e. The van der Waals surface area contributed by atoms with Crippen molar-refractivity contribution in [3.8, 4) is 0 Å². The fourth-order valence-electron chi connectivity index (χ4n) is 3.06. The summed E-state index contributed by atoms with van der Waals surface area (Å²) in [5, 5.41) is 8.68. The van der Waals surface area contributed by atoms with Gasteiger partial charge in [0.25, 0.3) is 0 Å². The highest BCUT2D eigenvalue weighted by molar-refractivity contribution is 5.35. The van der Waals surface area contributed by atoms with Gasteiger partial charge in [-0.05, 0) is 51.4 Å². The molecule has 0 bridgehead atoms. The molecule has 0 aliphatic heterocycles. The Hall–Kier alpha value is -1.64. The normalized spacial score (nSPS) is 24.6. The molecule has 2 saturated carbocycles. The van der Waals surface area contributed by atoms with E-state index in [1.807, 2.05) is 0 Å². The molecular formula is C14H20N4O2. The Morgan fingerprint density at radius 3 is 1.25 bits per heavy atom. The zero-order valence-electron chi connectivity index (χ0n) is 11.7. The summed E-state index contributed by atoms with van der Waals surface area (Å²) in [5.74, 6) is 0. The van der Waals surface area contributed by atoms with Gasteiger partial charge in [0.05, 0.1) is 0 Å². The van der Waals surface area contributed by atoms with Crippen molar-refractivity contribution in [1.29, 1.82) is 0 Å². The van der Waals surface area contributed by atoms with Crippen LogP contribution in [0.2, 0.25) is 0 Å². The number of isocyanates is 2. The second kappa shape index (κ2) is 6.69. The van der Waals surface area contributed by atoms with Crippen LogP contribution in [0.4, 0.5) is 0 Å². The molecule has 0 radical (unpaired) electrons. The second-order valence-corrected chi connectivity index (χ2v) is 5.69. The SMILES string of the molecule is O=C=NC1(N=NC2(N=C=O)CCCCC2)CCCCC1. The highest BCUT2D eigenvalue weighted by Gasteiger charge is 2.36. The number of azo groups is 1. The van der Waals surface area contributed by atoms with Gasteiger partial charge in [0, 0.05) is 0 Å². The molecule has 0 aromatic rings. The molecule has 2 rings (SSSR count). The van der Waals surface area contributed by atoms with E-state index >= 15 is 0 Å². The van der Waals surface area contributed by atoms with Gasteiger partial charge in [0.1, 0.15) is 0 Å². The molecule has 0 saturated heterocycles. The molecule has 2 aliphatic rings. The number of aliphatic imine (C=N–C) groups is 2. The molecule has 0 atom stereocenters. The molecule has 0 heterocycles. The quantitative estimate of drug-likeness (QED) is 0.447. The van der Waals surface area contributed by atoms with E-state index in [1.54, 1.807) is 12.2 Å². The minimum atomic E-state index is -0.775. The van der Waals surface area contributed by atoms with Gasteiger partial charge in [0.15, 0.2) is 11.3 Å².